The molecule has 8 heteroatoms. The third-order valence-electron chi connectivity index (χ3n) is 5.80. The summed E-state index contributed by atoms with van der Waals surface area (Å²) in [5, 5.41) is 4.43. The highest BCUT2D eigenvalue weighted by Crippen LogP contribution is 2.36. The molecule has 1 fully saturated rings. The first-order valence-corrected chi connectivity index (χ1v) is 10.6. The first-order chi connectivity index (χ1) is 16.6. The highest BCUT2D eigenvalue weighted by atomic mass is 16.7. The highest BCUT2D eigenvalue weighted by Gasteiger charge is 2.37. The molecule has 0 spiro atoms. The molecule has 2 aliphatic heterocycles. The Morgan fingerprint density at radius 2 is 1.59 bits per heavy atom. The van der Waals surface area contributed by atoms with Gasteiger partial charge >= 0.3 is 6.03 Å². The molecular weight excluding hydrogens is 434 g/mol. The van der Waals surface area contributed by atoms with E-state index < -0.39 is 17.8 Å². The molecule has 0 saturated carbocycles. The molecule has 3 aromatic carbocycles. The number of benzene rings is 3. The molecule has 34 heavy (non-hydrogen) atoms. The van der Waals surface area contributed by atoms with Crippen LogP contribution in [0.5, 0.6) is 11.5 Å². The van der Waals surface area contributed by atoms with E-state index in [4.69, 9.17) is 9.47 Å². The quantitative estimate of drug-likeness (QED) is 0.375. The number of carbonyl (C=O) groups is 3. The molecule has 0 bridgehead atoms. The summed E-state index contributed by atoms with van der Waals surface area (Å²) in [6.07, 6.45) is 3.34. The van der Waals surface area contributed by atoms with Gasteiger partial charge in [0.25, 0.3) is 11.8 Å². The number of carbonyl (C=O) groups excluding carboxylic acids is 3. The van der Waals surface area contributed by atoms with Gasteiger partial charge in [-0.05, 0) is 53.2 Å². The molecule has 6 rings (SSSR count). The maximum absolute atomic E-state index is 13.3. The van der Waals surface area contributed by atoms with Crippen molar-refractivity contribution in [1.29, 1.82) is 0 Å². The molecule has 0 unspecified atom stereocenters. The number of aromatic nitrogens is 1. The molecule has 1 N–H and O–H groups in total. The van der Waals surface area contributed by atoms with Gasteiger partial charge in [0.1, 0.15) is 5.57 Å². The predicted molar refractivity (Wildman–Crippen MR) is 125 cm³/mol. The van der Waals surface area contributed by atoms with E-state index >= 15 is 0 Å². The van der Waals surface area contributed by atoms with E-state index in [1.165, 1.54) is 12.1 Å². The smallest absolute Gasteiger partial charge is 0.335 e. The summed E-state index contributed by atoms with van der Waals surface area (Å²) in [6.45, 7) is 0.0638. The van der Waals surface area contributed by atoms with E-state index in [2.05, 4.69) is 5.32 Å². The largest absolute Gasteiger partial charge is 0.454 e. The van der Waals surface area contributed by atoms with Crippen LogP contribution in [0.4, 0.5) is 10.5 Å². The summed E-state index contributed by atoms with van der Waals surface area (Å²) in [5.74, 6) is -0.531. The van der Waals surface area contributed by atoms with Crippen molar-refractivity contribution in [3.63, 3.8) is 0 Å². The second-order valence-electron chi connectivity index (χ2n) is 7.83. The lowest BCUT2D eigenvalue weighted by Crippen LogP contribution is -2.54. The summed E-state index contributed by atoms with van der Waals surface area (Å²) < 4.78 is 12.5. The van der Waals surface area contributed by atoms with Crippen molar-refractivity contribution in [2.75, 3.05) is 11.7 Å². The molecule has 0 aliphatic carbocycles. The van der Waals surface area contributed by atoms with Crippen LogP contribution in [0.3, 0.4) is 0 Å². The molecule has 2 aliphatic rings. The molecular formula is C26H17N3O5. The third kappa shape index (κ3) is 3.20. The molecule has 4 amide bonds. The van der Waals surface area contributed by atoms with Crippen molar-refractivity contribution >= 4 is 40.4 Å². The van der Waals surface area contributed by atoms with Crippen molar-refractivity contribution in [1.82, 2.24) is 9.88 Å². The van der Waals surface area contributed by atoms with Gasteiger partial charge in [0.2, 0.25) is 6.79 Å². The molecule has 1 aromatic heterocycles. The van der Waals surface area contributed by atoms with Crippen LogP contribution in [0.1, 0.15) is 5.69 Å². The molecule has 166 valence electrons. The van der Waals surface area contributed by atoms with Gasteiger partial charge in [0.05, 0.1) is 5.69 Å². The molecule has 0 atom stereocenters. The zero-order chi connectivity index (χ0) is 23.2. The van der Waals surface area contributed by atoms with Crippen LogP contribution in [-0.4, -0.2) is 29.2 Å². The standard InChI is InChI=1S/C26H17N3O5/c30-24-21(25(31)29(26(32)27-24)20-9-10-22-23(14-20)34-15-33-22)13-18-6-3-11-28(18)19-8-7-16-4-1-2-5-17(16)12-19/h1-14H,15H2,(H,27,30,32)/b21-13+. The van der Waals surface area contributed by atoms with E-state index in [1.807, 2.05) is 59.3 Å². The lowest BCUT2D eigenvalue weighted by atomic mass is 10.1. The van der Waals surface area contributed by atoms with E-state index in [0.29, 0.717) is 17.2 Å². The fraction of sp³-hybridized carbons (Fsp3) is 0.0385. The maximum atomic E-state index is 13.3. The number of rotatable bonds is 3. The number of imide groups is 2. The van der Waals surface area contributed by atoms with Crippen molar-refractivity contribution < 1.29 is 23.9 Å². The number of amides is 4. The van der Waals surface area contributed by atoms with Crippen molar-refractivity contribution in [2.24, 2.45) is 0 Å². The molecule has 3 heterocycles. The van der Waals surface area contributed by atoms with Gasteiger partial charge in [-0.2, -0.15) is 0 Å². The van der Waals surface area contributed by atoms with Crippen molar-refractivity contribution in [3.8, 4) is 17.2 Å². The van der Waals surface area contributed by atoms with Gasteiger partial charge in [0.15, 0.2) is 11.5 Å². The van der Waals surface area contributed by atoms with Gasteiger partial charge in [0, 0.05) is 23.6 Å². The number of fused-ring (bicyclic) bond motifs is 2. The SMILES string of the molecule is O=C1NC(=O)N(c2ccc3c(c2)OCO3)C(=O)/C1=C/c1cccn1-c1ccc2ccccc2c1. The number of hydrogen-bond acceptors (Lipinski definition) is 5. The first-order valence-electron chi connectivity index (χ1n) is 10.6. The van der Waals surface area contributed by atoms with Crippen LogP contribution in [0.15, 0.2) is 84.6 Å². The van der Waals surface area contributed by atoms with Gasteiger partial charge < -0.3 is 14.0 Å². The van der Waals surface area contributed by atoms with E-state index in [-0.39, 0.29) is 18.1 Å². The van der Waals surface area contributed by atoms with Crippen LogP contribution < -0.4 is 19.7 Å². The number of nitrogens with one attached hydrogen (secondary N) is 1. The van der Waals surface area contributed by atoms with Crippen molar-refractivity contribution in [3.05, 3.63) is 90.3 Å². The Morgan fingerprint density at radius 1 is 0.794 bits per heavy atom. The zero-order valence-electron chi connectivity index (χ0n) is 17.7. The summed E-state index contributed by atoms with van der Waals surface area (Å²) in [5.41, 5.74) is 1.62. The second kappa shape index (κ2) is 7.63. The average Bonchev–Trinajstić information content (AvgIpc) is 3.50. The summed E-state index contributed by atoms with van der Waals surface area (Å²) in [7, 11) is 0. The fourth-order valence-corrected chi connectivity index (χ4v) is 4.14. The maximum Gasteiger partial charge on any atom is 0.335 e. The van der Waals surface area contributed by atoms with Gasteiger partial charge in [-0.3, -0.25) is 14.9 Å². The Hall–Kier alpha value is -4.85. The van der Waals surface area contributed by atoms with E-state index in [0.717, 1.165) is 21.4 Å². The molecule has 1 saturated heterocycles. The Balaban J connectivity index is 1.39. The minimum absolute atomic E-state index is 0.0638. The van der Waals surface area contributed by atoms with Crippen LogP contribution >= 0.6 is 0 Å². The lowest BCUT2D eigenvalue weighted by Gasteiger charge is -2.26. The normalized spacial score (nSPS) is 16.4. The Kier molecular flexibility index (Phi) is 4.44. The number of barbiturate groups is 1. The Bertz CT molecular complexity index is 1530. The number of ether oxygens (including phenoxy) is 2. The van der Waals surface area contributed by atoms with Crippen LogP contribution in [-0.2, 0) is 9.59 Å². The second-order valence-corrected chi connectivity index (χ2v) is 7.83. The van der Waals surface area contributed by atoms with Crippen molar-refractivity contribution in [2.45, 2.75) is 0 Å². The lowest BCUT2D eigenvalue weighted by molar-refractivity contribution is -0.122. The van der Waals surface area contributed by atoms with Gasteiger partial charge in [-0.1, -0.05) is 30.3 Å². The minimum Gasteiger partial charge on any atom is -0.454 e. The monoisotopic (exact) mass is 451 g/mol. The summed E-state index contributed by atoms with van der Waals surface area (Å²) in [6, 6.07) is 21.5. The topological polar surface area (TPSA) is 89.9 Å². The van der Waals surface area contributed by atoms with Crippen LogP contribution in [0.2, 0.25) is 0 Å². The van der Waals surface area contributed by atoms with E-state index in [9.17, 15) is 14.4 Å². The van der Waals surface area contributed by atoms with Gasteiger partial charge in [-0.15, -0.1) is 0 Å². The first kappa shape index (κ1) is 19.8. The van der Waals surface area contributed by atoms with Crippen LogP contribution in [0.25, 0.3) is 22.5 Å². The Morgan fingerprint density at radius 3 is 2.47 bits per heavy atom. The van der Waals surface area contributed by atoms with Crippen LogP contribution in [0, 0.1) is 0 Å². The number of nitrogens with zero attached hydrogens (tertiary/aromatic N) is 2. The third-order valence-corrected chi connectivity index (χ3v) is 5.80. The Labute approximate surface area is 193 Å². The summed E-state index contributed by atoms with van der Waals surface area (Å²) in [4.78, 5) is 39.4. The predicted octanol–water partition coefficient (Wildman–Crippen LogP) is 4.03. The highest BCUT2D eigenvalue weighted by molar-refractivity contribution is 6.39. The minimum atomic E-state index is -0.823. The fourth-order valence-electron chi connectivity index (χ4n) is 4.14. The van der Waals surface area contributed by atoms with Gasteiger partial charge in [-0.25, -0.2) is 9.69 Å². The average molecular weight is 451 g/mol. The molecule has 4 aromatic rings. The number of hydrogen-bond donors (Lipinski definition) is 1. The summed E-state index contributed by atoms with van der Waals surface area (Å²) >= 11 is 0. The number of urea groups is 1. The number of anilines is 1. The zero-order valence-corrected chi connectivity index (χ0v) is 17.7. The van der Waals surface area contributed by atoms with E-state index in [1.54, 1.807) is 18.2 Å². The molecule has 8 nitrogen and oxygen atoms in total. The molecule has 0 radical (unpaired) electrons.